The summed E-state index contributed by atoms with van der Waals surface area (Å²) in [6.07, 6.45) is 8.27. The van der Waals surface area contributed by atoms with Crippen LogP contribution in [-0.4, -0.2) is 15.9 Å². The highest BCUT2D eigenvalue weighted by Gasteiger charge is 2.40. The summed E-state index contributed by atoms with van der Waals surface area (Å²) < 4.78 is 1.82. The van der Waals surface area contributed by atoms with E-state index in [1.165, 1.54) is 0 Å². The van der Waals surface area contributed by atoms with Gasteiger partial charge in [0.2, 0.25) is 6.08 Å². The maximum atomic E-state index is 10.7. The van der Waals surface area contributed by atoms with Gasteiger partial charge in [-0.1, -0.05) is 18.2 Å². The van der Waals surface area contributed by atoms with Crippen LogP contribution in [0.25, 0.3) is 5.69 Å². The van der Waals surface area contributed by atoms with Crippen LogP contribution in [0, 0.1) is 0 Å². The van der Waals surface area contributed by atoms with Crippen LogP contribution in [0.2, 0.25) is 0 Å². The summed E-state index contributed by atoms with van der Waals surface area (Å²) in [5.74, 6) is 0. The molecule has 3 rings (SSSR count). The Balaban J connectivity index is 2.15. The monoisotopic (exact) mass is 239 g/mol. The van der Waals surface area contributed by atoms with Crippen molar-refractivity contribution in [1.29, 1.82) is 0 Å². The maximum Gasteiger partial charge on any atom is 0.235 e. The van der Waals surface area contributed by atoms with Gasteiger partial charge in [0.1, 0.15) is 5.54 Å². The van der Waals surface area contributed by atoms with Gasteiger partial charge in [-0.25, -0.2) is 9.48 Å². The third-order valence-corrected chi connectivity index (χ3v) is 3.60. The molecular weight excluding hydrogens is 226 g/mol. The molecule has 0 bridgehead atoms. The lowest BCUT2D eigenvalue weighted by Gasteiger charge is -2.38. The standard InChI is InChI=1S/C14H13N3O/c18-11-15-14(7-3-8-14)12-5-1-2-6-13(12)17-10-4-9-16-17/h1-2,4-6,9-10H,3,7-8H2. The van der Waals surface area contributed by atoms with E-state index in [9.17, 15) is 4.79 Å². The number of rotatable bonds is 3. The van der Waals surface area contributed by atoms with Crippen molar-refractivity contribution in [2.75, 3.05) is 0 Å². The van der Waals surface area contributed by atoms with Crippen LogP contribution in [-0.2, 0) is 10.3 Å². The highest BCUT2D eigenvalue weighted by Crippen LogP contribution is 2.46. The molecule has 1 heterocycles. The fourth-order valence-electron chi connectivity index (χ4n) is 2.52. The van der Waals surface area contributed by atoms with Gasteiger partial charge in [0.25, 0.3) is 0 Å². The fourth-order valence-corrected chi connectivity index (χ4v) is 2.52. The molecule has 1 fully saturated rings. The van der Waals surface area contributed by atoms with Crippen LogP contribution >= 0.6 is 0 Å². The molecule has 0 aliphatic heterocycles. The molecule has 18 heavy (non-hydrogen) atoms. The summed E-state index contributed by atoms with van der Waals surface area (Å²) in [6.45, 7) is 0. The number of hydrogen-bond donors (Lipinski definition) is 0. The highest BCUT2D eigenvalue weighted by atomic mass is 16.1. The van der Waals surface area contributed by atoms with Crippen molar-refractivity contribution in [2.45, 2.75) is 24.8 Å². The van der Waals surface area contributed by atoms with Gasteiger partial charge in [-0.3, -0.25) is 0 Å². The van der Waals surface area contributed by atoms with Crippen LogP contribution in [0.5, 0.6) is 0 Å². The molecule has 1 aromatic carbocycles. The summed E-state index contributed by atoms with van der Waals surface area (Å²) in [7, 11) is 0. The first-order valence-electron chi connectivity index (χ1n) is 6.04. The first kappa shape index (κ1) is 10.9. The zero-order valence-electron chi connectivity index (χ0n) is 9.91. The quantitative estimate of drug-likeness (QED) is 0.610. The third kappa shape index (κ3) is 1.59. The van der Waals surface area contributed by atoms with Crippen molar-refractivity contribution in [2.24, 2.45) is 4.99 Å². The Bertz CT molecular complexity index is 593. The molecule has 4 heteroatoms. The van der Waals surface area contributed by atoms with Crippen molar-refractivity contribution in [3.63, 3.8) is 0 Å². The molecule has 90 valence electrons. The SMILES string of the molecule is O=C=NC1(c2ccccc2-n2cccn2)CCC1. The van der Waals surface area contributed by atoms with Crippen molar-refractivity contribution >= 4 is 6.08 Å². The van der Waals surface area contributed by atoms with Crippen LogP contribution in [0.3, 0.4) is 0 Å². The Labute approximate surface area is 105 Å². The molecule has 0 N–H and O–H groups in total. The average molecular weight is 239 g/mol. The molecule has 0 saturated heterocycles. The molecule has 4 nitrogen and oxygen atoms in total. The van der Waals surface area contributed by atoms with Crippen molar-refractivity contribution in [3.05, 3.63) is 48.3 Å². The minimum Gasteiger partial charge on any atom is -0.241 e. The number of hydrogen-bond acceptors (Lipinski definition) is 3. The maximum absolute atomic E-state index is 10.7. The van der Waals surface area contributed by atoms with Gasteiger partial charge in [-0.15, -0.1) is 0 Å². The predicted octanol–water partition coefficient (Wildman–Crippen LogP) is 2.59. The minimum atomic E-state index is -0.385. The Morgan fingerprint density at radius 1 is 1.28 bits per heavy atom. The van der Waals surface area contributed by atoms with Gasteiger partial charge >= 0.3 is 0 Å². The number of aliphatic imine (C=N–C) groups is 1. The number of carbonyl (C=O) groups excluding carboxylic acids is 1. The average Bonchev–Trinajstić information content (AvgIpc) is 2.88. The summed E-state index contributed by atoms with van der Waals surface area (Å²) in [5.41, 5.74) is 1.66. The number of aromatic nitrogens is 2. The van der Waals surface area contributed by atoms with Crippen LogP contribution in [0.4, 0.5) is 0 Å². The molecule has 0 radical (unpaired) electrons. The van der Waals surface area contributed by atoms with E-state index >= 15 is 0 Å². The van der Waals surface area contributed by atoms with Crippen LogP contribution < -0.4 is 0 Å². The van der Waals surface area contributed by atoms with Crippen molar-refractivity contribution < 1.29 is 4.79 Å². The summed E-state index contributed by atoms with van der Waals surface area (Å²) in [4.78, 5) is 14.7. The highest BCUT2D eigenvalue weighted by molar-refractivity contribution is 5.48. The lowest BCUT2D eigenvalue weighted by atomic mass is 9.72. The first-order chi connectivity index (χ1) is 8.86. The molecule has 0 unspecified atom stereocenters. The van der Waals surface area contributed by atoms with Gasteiger partial charge < -0.3 is 0 Å². The molecule has 2 aromatic rings. The summed E-state index contributed by atoms with van der Waals surface area (Å²) in [5, 5.41) is 4.26. The summed E-state index contributed by atoms with van der Waals surface area (Å²) in [6, 6.07) is 9.85. The van der Waals surface area contributed by atoms with E-state index in [1.54, 1.807) is 12.3 Å². The lowest BCUT2D eigenvalue weighted by molar-refractivity contribution is 0.255. The number of para-hydroxylation sites is 1. The Kier molecular flexibility index (Phi) is 2.58. The molecule has 1 saturated carbocycles. The predicted molar refractivity (Wildman–Crippen MR) is 67.2 cm³/mol. The molecule has 0 spiro atoms. The second kappa shape index (κ2) is 4.24. The fraction of sp³-hybridized carbons (Fsp3) is 0.286. The number of benzene rings is 1. The van der Waals surface area contributed by atoms with E-state index in [0.29, 0.717) is 0 Å². The van der Waals surface area contributed by atoms with Crippen LogP contribution in [0.15, 0.2) is 47.7 Å². The lowest BCUT2D eigenvalue weighted by Crippen LogP contribution is -2.33. The number of nitrogens with zero attached hydrogens (tertiary/aromatic N) is 3. The Morgan fingerprint density at radius 2 is 2.11 bits per heavy atom. The first-order valence-corrected chi connectivity index (χ1v) is 6.04. The van der Waals surface area contributed by atoms with E-state index < -0.39 is 0 Å². The van der Waals surface area contributed by atoms with E-state index in [0.717, 1.165) is 30.5 Å². The largest absolute Gasteiger partial charge is 0.241 e. The molecule has 0 atom stereocenters. The molecule has 1 aromatic heterocycles. The number of isocyanates is 1. The second-order valence-corrected chi connectivity index (χ2v) is 4.56. The normalized spacial score (nSPS) is 16.7. The van der Waals surface area contributed by atoms with E-state index in [1.807, 2.05) is 41.2 Å². The van der Waals surface area contributed by atoms with Gasteiger partial charge in [0, 0.05) is 18.0 Å². The van der Waals surface area contributed by atoms with Crippen molar-refractivity contribution in [1.82, 2.24) is 9.78 Å². The zero-order valence-corrected chi connectivity index (χ0v) is 9.91. The van der Waals surface area contributed by atoms with E-state index in [-0.39, 0.29) is 5.54 Å². The molecule has 1 aliphatic rings. The Morgan fingerprint density at radius 3 is 2.72 bits per heavy atom. The van der Waals surface area contributed by atoms with Crippen LogP contribution in [0.1, 0.15) is 24.8 Å². The van der Waals surface area contributed by atoms with Gasteiger partial charge in [-0.2, -0.15) is 10.1 Å². The molecular formula is C14H13N3O. The Hall–Kier alpha value is -2.19. The van der Waals surface area contributed by atoms with Gasteiger partial charge in [0.05, 0.1) is 5.69 Å². The van der Waals surface area contributed by atoms with E-state index in [2.05, 4.69) is 10.1 Å². The smallest absolute Gasteiger partial charge is 0.235 e. The summed E-state index contributed by atoms with van der Waals surface area (Å²) >= 11 is 0. The zero-order chi connectivity index (χ0) is 12.4. The van der Waals surface area contributed by atoms with Gasteiger partial charge in [-0.05, 0) is 31.4 Å². The van der Waals surface area contributed by atoms with Crippen molar-refractivity contribution in [3.8, 4) is 5.69 Å². The van der Waals surface area contributed by atoms with Gasteiger partial charge in [0.15, 0.2) is 0 Å². The molecule has 1 aliphatic carbocycles. The third-order valence-electron chi connectivity index (χ3n) is 3.60. The topological polar surface area (TPSA) is 47.2 Å². The molecule has 0 amide bonds. The van der Waals surface area contributed by atoms with E-state index in [4.69, 9.17) is 0 Å². The minimum absolute atomic E-state index is 0.385. The second-order valence-electron chi connectivity index (χ2n) is 4.56.